The van der Waals surface area contributed by atoms with Crippen molar-refractivity contribution >= 4 is 12.6 Å². The molecule has 0 fully saturated rings. The summed E-state index contributed by atoms with van der Waals surface area (Å²) in [4.78, 5) is 18.6. The van der Waals surface area contributed by atoms with Gasteiger partial charge in [0.15, 0.2) is 0 Å². The molecule has 0 spiro atoms. The van der Waals surface area contributed by atoms with Crippen molar-refractivity contribution in [1.29, 1.82) is 0 Å². The number of hydrogen-bond acceptors (Lipinski definition) is 5. The molecule has 0 amide bonds. The van der Waals surface area contributed by atoms with E-state index in [-0.39, 0.29) is 13.2 Å². The quantitative estimate of drug-likeness (QED) is 0.431. The third-order valence-electron chi connectivity index (χ3n) is 0.448. The summed E-state index contributed by atoms with van der Waals surface area (Å²) in [5, 5.41) is 15.2. The third kappa shape index (κ3) is 110. The van der Waals surface area contributed by atoms with Gasteiger partial charge in [-0.2, -0.15) is 11.1 Å². The van der Waals surface area contributed by atoms with Crippen molar-refractivity contribution in [1.82, 2.24) is 0 Å². The van der Waals surface area contributed by atoms with Crippen LogP contribution >= 0.6 is 0 Å². The summed E-state index contributed by atoms with van der Waals surface area (Å²) in [7, 11) is 0. The molecule has 5 nitrogen and oxygen atoms in total. The van der Waals surface area contributed by atoms with Gasteiger partial charge < -0.3 is 19.8 Å². The van der Waals surface area contributed by atoms with Crippen molar-refractivity contribution in [3.63, 3.8) is 0 Å². The van der Waals surface area contributed by atoms with Gasteiger partial charge in [0.2, 0.25) is 0 Å². The van der Waals surface area contributed by atoms with E-state index in [0.717, 1.165) is 20.4 Å². The molecule has 0 saturated carbocycles. The molecule has 6 heteroatoms. The SMILES string of the molecule is C=C(C)[C-]=O.C=C(C)[C-]=O.OCCO.[O]=[Ti+2]. The Balaban J connectivity index is -0.0000000629. The van der Waals surface area contributed by atoms with Gasteiger partial charge in [0.05, 0.1) is 13.2 Å². The Morgan fingerprint density at radius 1 is 1.00 bits per heavy atom. The Morgan fingerprint density at radius 3 is 1.12 bits per heavy atom. The number of aliphatic hydroxyl groups excluding tert-OH is 2. The van der Waals surface area contributed by atoms with E-state index in [0.29, 0.717) is 11.1 Å². The Labute approximate surface area is 108 Å². The van der Waals surface area contributed by atoms with Crippen LogP contribution in [0, 0.1) is 0 Å². The predicted octanol–water partition coefficient (Wildman–Crippen LogP) is 0.194. The first-order chi connectivity index (χ1) is 7.45. The molecular formula is C10H16O5Ti. The van der Waals surface area contributed by atoms with Crippen molar-refractivity contribution in [3.8, 4) is 0 Å². The van der Waals surface area contributed by atoms with Gasteiger partial charge >= 0.3 is 23.7 Å². The number of rotatable bonds is 3. The molecule has 0 aromatic rings. The van der Waals surface area contributed by atoms with E-state index < -0.39 is 0 Å². The van der Waals surface area contributed by atoms with Crippen LogP contribution in [0.15, 0.2) is 24.3 Å². The summed E-state index contributed by atoms with van der Waals surface area (Å²) in [6.07, 6.45) is 3.17. The molecule has 16 heavy (non-hydrogen) atoms. The number of allylic oxidation sites excluding steroid dienone is 2. The van der Waals surface area contributed by atoms with Crippen LogP contribution < -0.4 is 0 Å². The molecule has 0 saturated heterocycles. The normalized spacial score (nSPS) is 6.38. The number of carbonyl (C=O) groups excluding carboxylic acids is 2. The van der Waals surface area contributed by atoms with Crippen LogP contribution in [-0.4, -0.2) is 36.0 Å². The molecule has 0 bridgehead atoms. The molecule has 0 aliphatic rings. The molecule has 0 aliphatic carbocycles. The van der Waals surface area contributed by atoms with Crippen molar-refractivity contribution in [2.75, 3.05) is 13.2 Å². The molecule has 2 N–H and O–H groups in total. The topological polar surface area (TPSA) is 91.7 Å². The molecule has 0 heterocycles. The van der Waals surface area contributed by atoms with Gasteiger partial charge in [-0.3, -0.25) is 0 Å². The van der Waals surface area contributed by atoms with E-state index in [1.54, 1.807) is 26.4 Å². The first-order valence-corrected chi connectivity index (χ1v) is 4.59. The summed E-state index contributed by atoms with van der Waals surface area (Å²) in [6, 6.07) is 0. The van der Waals surface area contributed by atoms with Crippen molar-refractivity contribution in [3.05, 3.63) is 24.3 Å². The molecule has 0 unspecified atom stereocenters. The minimum atomic E-state index is -0.125. The zero-order valence-corrected chi connectivity index (χ0v) is 11.0. The summed E-state index contributed by atoms with van der Waals surface area (Å²) in [5.74, 6) is 0. The van der Waals surface area contributed by atoms with Gasteiger partial charge in [-0.15, -0.1) is 0 Å². The second-order valence-corrected chi connectivity index (χ2v) is 2.21. The molecule has 0 aromatic carbocycles. The zero-order chi connectivity index (χ0) is 14.0. The van der Waals surface area contributed by atoms with Gasteiger partial charge in [0.1, 0.15) is 0 Å². The molecule has 0 aliphatic heterocycles. The van der Waals surface area contributed by atoms with Gasteiger partial charge in [0, 0.05) is 0 Å². The molecule has 0 rings (SSSR count). The van der Waals surface area contributed by atoms with E-state index in [1.807, 2.05) is 0 Å². The van der Waals surface area contributed by atoms with Crippen LogP contribution in [0.4, 0.5) is 0 Å². The van der Waals surface area contributed by atoms with E-state index in [9.17, 15) is 9.59 Å². The van der Waals surface area contributed by atoms with Gasteiger partial charge in [0.25, 0.3) is 0 Å². The molecule has 0 radical (unpaired) electrons. The summed E-state index contributed by atoms with van der Waals surface area (Å²) < 4.78 is 8.25. The predicted molar refractivity (Wildman–Crippen MR) is 55.9 cm³/mol. The van der Waals surface area contributed by atoms with Crippen LogP contribution in [-0.2, 0) is 33.3 Å². The summed E-state index contributed by atoms with van der Waals surface area (Å²) >= 11 is 0.750. The van der Waals surface area contributed by atoms with E-state index in [1.165, 1.54) is 0 Å². The molecule has 90 valence electrons. The summed E-state index contributed by atoms with van der Waals surface area (Å²) in [6.45, 7) is 9.46. The molecule has 0 atom stereocenters. The first-order valence-electron chi connectivity index (χ1n) is 3.95. The van der Waals surface area contributed by atoms with Crippen LogP contribution in [0.25, 0.3) is 0 Å². The second kappa shape index (κ2) is 29.2. The van der Waals surface area contributed by atoms with Crippen molar-refractivity contribution in [2.24, 2.45) is 0 Å². The number of aliphatic hydroxyl groups is 2. The van der Waals surface area contributed by atoms with Crippen molar-refractivity contribution < 1.29 is 43.5 Å². The van der Waals surface area contributed by atoms with E-state index in [4.69, 9.17) is 13.5 Å². The molecule has 0 aromatic heterocycles. The van der Waals surface area contributed by atoms with Gasteiger partial charge in [-0.05, 0) is 12.6 Å². The zero-order valence-electron chi connectivity index (χ0n) is 9.45. The fourth-order valence-electron chi connectivity index (χ4n) is 0. The fourth-order valence-corrected chi connectivity index (χ4v) is 0. The Kier molecular flexibility index (Phi) is 44.7. The maximum atomic E-state index is 9.28. The fraction of sp³-hybridized carbons (Fsp3) is 0.400. The Bertz CT molecular complexity index is 172. The van der Waals surface area contributed by atoms with Gasteiger partial charge in [-0.25, -0.2) is 13.2 Å². The van der Waals surface area contributed by atoms with E-state index in [2.05, 4.69) is 13.2 Å². The van der Waals surface area contributed by atoms with Gasteiger partial charge in [-0.1, -0.05) is 13.8 Å². The first kappa shape index (κ1) is 24.5. The Morgan fingerprint density at radius 2 is 1.12 bits per heavy atom. The number of hydrogen-bond donors (Lipinski definition) is 2. The standard InChI is InChI=1S/2C4H5O.C2H6O2.O.Ti/c2*1-4(2)3-5;3-1-2-4;;/h2*1H2,2H3;3-4H,1-2H2;;/q2*-1;;;+2. The maximum absolute atomic E-state index is 9.28. The summed E-state index contributed by atoms with van der Waals surface area (Å²) in [5.41, 5.74) is 0.898. The van der Waals surface area contributed by atoms with E-state index >= 15 is 0 Å². The van der Waals surface area contributed by atoms with Crippen LogP contribution in [0.2, 0.25) is 0 Å². The monoisotopic (exact) mass is 264 g/mol. The van der Waals surface area contributed by atoms with Crippen LogP contribution in [0.1, 0.15) is 13.8 Å². The Hall–Kier alpha value is -0.746. The average molecular weight is 264 g/mol. The van der Waals surface area contributed by atoms with Crippen LogP contribution in [0.5, 0.6) is 0 Å². The average Bonchev–Trinajstić information content (AvgIpc) is 2.32. The van der Waals surface area contributed by atoms with Crippen LogP contribution in [0.3, 0.4) is 0 Å². The minimum absolute atomic E-state index is 0.125. The second-order valence-electron chi connectivity index (χ2n) is 2.21. The third-order valence-corrected chi connectivity index (χ3v) is 0.448. The van der Waals surface area contributed by atoms with Crippen molar-refractivity contribution in [2.45, 2.75) is 13.8 Å². The molecular weight excluding hydrogens is 248 g/mol.